The van der Waals surface area contributed by atoms with Crippen LogP contribution in [-0.2, 0) is 12.1 Å². The van der Waals surface area contributed by atoms with Crippen LogP contribution in [0.3, 0.4) is 0 Å². The van der Waals surface area contributed by atoms with Crippen LogP contribution in [0.2, 0.25) is 0 Å². The molecule has 1 saturated heterocycles. The first-order chi connectivity index (χ1) is 10.4. The Balaban J connectivity index is 1.75. The average Bonchev–Trinajstić information content (AvgIpc) is 3.08. The van der Waals surface area contributed by atoms with E-state index in [4.69, 9.17) is 4.98 Å². The summed E-state index contributed by atoms with van der Waals surface area (Å²) in [6, 6.07) is 6.79. The van der Waals surface area contributed by atoms with Crippen LogP contribution in [0.15, 0.2) is 30.6 Å². The van der Waals surface area contributed by atoms with Gasteiger partial charge in [0, 0.05) is 24.0 Å². The van der Waals surface area contributed by atoms with Gasteiger partial charge >= 0.3 is 0 Å². The van der Waals surface area contributed by atoms with Crippen LogP contribution in [0.1, 0.15) is 56.6 Å². The molecule has 0 unspecified atom stereocenters. The largest absolute Gasteiger partial charge is 0.290 e. The second kappa shape index (κ2) is 5.84. The van der Waals surface area contributed by atoms with E-state index in [2.05, 4.69) is 66.8 Å². The van der Waals surface area contributed by atoms with E-state index >= 15 is 0 Å². The molecule has 0 spiro atoms. The van der Waals surface area contributed by atoms with Crippen molar-refractivity contribution in [3.8, 4) is 0 Å². The molecule has 4 nitrogen and oxygen atoms in total. The fraction of sp³-hybridized carbons (Fsp3) is 0.556. The lowest BCUT2D eigenvalue weighted by Gasteiger charge is -2.24. The highest BCUT2D eigenvalue weighted by atomic mass is 15.3. The molecule has 0 aliphatic carbocycles. The fourth-order valence-corrected chi connectivity index (χ4v) is 3.14. The maximum atomic E-state index is 4.73. The zero-order valence-electron chi connectivity index (χ0n) is 14.1. The zero-order chi connectivity index (χ0) is 15.7. The van der Waals surface area contributed by atoms with Crippen LogP contribution in [0, 0.1) is 6.92 Å². The summed E-state index contributed by atoms with van der Waals surface area (Å²) in [7, 11) is 0. The van der Waals surface area contributed by atoms with Gasteiger partial charge in [-0.25, -0.2) is 0 Å². The monoisotopic (exact) mass is 298 g/mol. The quantitative estimate of drug-likeness (QED) is 0.867. The highest BCUT2D eigenvalue weighted by molar-refractivity contribution is 5.16. The second-order valence-electron chi connectivity index (χ2n) is 7.30. The van der Waals surface area contributed by atoms with Crippen molar-refractivity contribution in [1.29, 1.82) is 0 Å². The van der Waals surface area contributed by atoms with Crippen molar-refractivity contribution >= 4 is 0 Å². The second-order valence-corrected chi connectivity index (χ2v) is 7.30. The van der Waals surface area contributed by atoms with E-state index in [1.807, 2.05) is 6.20 Å². The normalized spacial score (nSPS) is 19.7. The lowest BCUT2D eigenvalue weighted by Crippen LogP contribution is -2.24. The molecule has 0 amide bonds. The minimum atomic E-state index is 0.0424. The molecule has 2 aromatic heterocycles. The van der Waals surface area contributed by atoms with Crippen LogP contribution in [0.4, 0.5) is 0 Å². The standard InChI is InChI=1S/C18H26N4/c1-14-7-5-8-16(20-14)17-9-6-10-21(17)12-15-11-19-22(13-15)18(2,3)4/h5,7-8,11,13,17H,6,9-10,12H2,1-4H3/t17-/m0/s1. The lowest BCUT2D eigenvalue weighted by molar-refractivity contribution is 0.244. The third-order valence-electron chi connectivity index (χ3n) is 4.32. The van der Waals surface area contributed by atoms with Crippen molar-refractivity contribution in [3.05, 3.63) is 47.5 Å². The first kappa shape index (κ1) is 15.2. The van der Waals surface area contributed by atoms with Crippen molar-refractivity contribution in [2.75, 3.05) is 6.54 Å². The number of aromatic nitrogens is 3. The molecule has 3 heterocycles. The van der Waals surface area contributed by atoms with E-state index in [-0.39, 0.29) is 5.54 Å². The van der Waals surface area contributed by atoms with Crippen LogP contribution < -0.4 is 0 Å². The zero-order valence-corrected chi connectivity index (χ0v) is 14.1. The third-order valence-corrected chi connectivity index (χ3v) is 4.32. The predicted molar refractivity (Wildman–Crippen MR) is 88.6 cm³/mol. The number of hydrogen-bond acceptors (Lipinski definition) is 3. The Morgan fingerprint density at radius 3 is 2.77 bits per heavy atom. The van der Waals surface area contributed by atoms with E-state index < -0.39 is 0 Å². The number of nitrogens with zero attached hydrogens (tertiary/aromatic N) is 4. The topological polar surface area (TPSA) is 34.0 Å². The maximum absolute atomic E-state index is 4.73. The molecule has 118 valence electrons. The van der Waals surface area contributed by atoms with Crippen LogP contribution in [-0.4, -0.2) is 26.2 Å². The van der Waals surface area contributed by atoms with E-state index in [0.29, 0.717) is 6.04 Å². The SMILES string of the molecule is Cc1cccc([C@@H]2CCCN2Cc2cnn(C(C)(C)C)c2)n1. The smallest absolute Gasteiger partial charge is 0.0578 e. The first-order valence-electron chi connectivity index (χ1n) is 8.15. The van der Waals surface area contributed by atoms with E-state index in [0.717, 1.165) is 18.8 Å². The van der Waals surface area contributed by atoms with Gasteiger partial charge in [-0.1, -0.05) is 6.07 Å². The Kier molecular flexibility index (Phi) is 4.04. The first-order valence-corrected chi connectivity index (χ1v) is 8.15. The molecule has 2 aromatic rings. The molecule has 0 bridgehead atoms. The highest BCUT2D eigenvalue weighted by Gasteiger charge is 2.27. The molecule has 0 N–H and O–H groups in total. The molecular weight excluding hydrogens is 272 g/mol. The number of rotatable bonds is 3. The van der Waals surface area contributed by atoms with E-state index in [1.54, 1.807) is 0 Å². The van der Waals surface area contributed by atoms with Gasteiger partial charge in [-0.05, 0) is 59.2 Å². The van der Waals surface area contributed by atoms with Gasteiger partial charge in [0.1, 0.15) is 0 Å². The minimum Gasteiger partial charge on any atom is -0.290 e. The molecular formula is C18H26N4. The van der Waals surface area contributed by atoms with Gasteiger partial charge in [-0.15, -0.1) is 0 Å². The third kappa shape index (κ3) is 3.22. The minimum absolute atomic E-state index is 0.0424. The Labute approximate surface area is 133 Å². The molecule has 3 rings (SSSR count). The molecule has 4 heteroatoms. The summed E-state index contributed by atoms with van der Waals surface area (Å²) in [5.41, 5.74) is 3.64. The summed E-state index contributed by atoms with van der Waals surface area (Å²) in [5, 5.41) is 4.52. The number of pyridine rings is 1. The Hall–Kier alpha value is -1.68. The van der Waals surface area contributed by atoms with Gasteiger partial charge in [0.25, 0.3) is 0 Å². The van der Waals surface area contributed by atoms with Crippen LogP contribution in [0.5, 0.6) is 0 Å². The summed E-state index contributed by atoms with van der Waals surface area (Å²) in [4.78, 5) is 7.26. The summed E-state index contributed by atoms with van der Waals surface area (Å²) in [5.74, 6) is 0. The number of aryl methyl sites for hydroxylation is 1. The van der Waals surface area contributed by atoms with Crippen LogP contribution in [0.25, 0.3) is 0 Å². The number of likely N-dealkylation sites (tertiary alicyclic amines) is 1. The van der Waals surface area contributed by atoms with Crippen molar-refractivity contribution < 1.29 is 0 Å². The van der Waals surface area contributed by atoms with Gasteiger partial charge in [-0.2, -0.15) is 5.10 Å². The van der Waals surface area contributed by atoms with Crippen molar-refractivity contribution in [1.82, 2.24) is 19.7 Å². The van der Waals surface area contributed by atoms with Gasteiger partial charge in [0.05, 0.1) is 23.5 Å². The molecule has 1 aliphatic heterocycles. The molecule has 0 saturated carbocycles. The fourth-order valence-electron chi connectivity index (χ4n) is 3.14. The summed E-state index contributed by atoms with van der Waals surface area (Å²) in [6.07, 6.45) is 6.63. The van der Waals surface area contributed by atoms with E-state index in [1.165, 1.54) is 24.1 Å². The highest BCUT2D eigenvalue weighted by Crippen LogP contribution is 2.32. The van der Waals surface area contributed by atoms with Gasteiger partial charge in [0.2, 0.25) is 0 Å². The molecule has 1 aliphatic rings. The molecule has 1 atom stereocenters. The predicted octanol–water partition coefficient (Wildman–Crippen LogP) is 3.68. The average molecular weight is 298 g/mol. The molecule has 22 heavy (non-hydrogen) atoms. The van der Waals surface area contributed by atoms with Crippen molar-refractivity contribution in [2.45, 2.75) is 58.7 Å². The van der Waals surface area contributed by atoms with Crippen LogP contribution >= 0.6 is 0 Å². The Bertz CT molecular complexity index is 639. The van der Waals surface area contributed by atoms with Gasteiger partial charge < -0.3 is 0 Å². The van der Waals surface area contributed by atoms with Gasteiger partial charge in [0.15, 0.2) is 0 Å². The Morgan fingerprint density at radius 1 is 1.27 bits per heavy atom. The number of hydrogen-bond donors (Lipinski definition) is 0. The van der Waals surface area contributed by atoms with Gasteiger partial charge in [-0.3, -0.25) is 14.6 Å². The van der Waals surface area contributed by atoms with Crippen molar-refractivity contribution in [2.24, 2.45) is 0 Å². The molecule has 0 radical (unpaired) electrons. The maximum Gasteiger partial charge on any atom is 0.0578 e. The Morgan fingerprint density at radius 2 is 2.09 bits per heavy atom. The summed E-state index contributed by atoms with van der Waals surface area (Å²) in [6.45, 7) is 10.7. The summed E-state index contributed by atoms with van der Waals surface area (Å²) >= 11 is 0. The lowest BCUT2D eigenvalue weighted by atomic mass is 10.1. The van der Waals surface area contributed by atoms with Crippen molar-refractivity contribution in [3.63, 3.8) is 0 Å². The molecule has 0 aromatic carbocycles. The molecule has 1 fully saturated rings. The van der Waals surface area contributed by atoms with E-state index in [9.17, 15) is 0 Å². The summed E-state index contributed by atoms with van der Waals surface area (Å²) < 4.78 is 2.05.